The quantitative estimate of drug-likeness (QED) is 0.684. The fraction of sp³-hybridized carbons (Fsp3) is 0.444. The molecule has 8 heteroatoms. The molecule has 0 radical (unpaired) electrons. The Morgan fingerprint density at radius 1 is 1.31 bits per heavy atom. The number of hydrogen-bond donors (Lipinski definition) is 3. The number of aromatic nitrogens is 2. The molecule has 0 spiro atoms. The van der Waals surface area contributed by atoms with Gasteiger partial charge < -0.3 is 25.8 Å². The summed E-state index contributed by atoms with van der Waals surface area (Å²) in [6.07, 6.45) is 0. The van der Waals surface area contributed by atoms with Crippen molar-refractivity contribution < 1.29 is 0 Å². The maximum Gasteiger partial charge on any atom is 0.226 e. The monoisotopic (exact) mass is 375 g/mol. The Hall–Kier alpha value is -2.25. The van der Waals surface area contributed by atoms with Gasteiger partial charge in [-0.1, -0.05) is 17.7 Å². The van der Waals surface area contributed by atoms with E-state index in [2.05, 4.69) is 44.6 Å². The number of fused-ring (bicyclic) bond motifs is 1. The molecule has 0 unspecified atom stereocenters. The van der Waals surface area contributed by atoms with E-state index < -0.39 is 0 Å². The molecule has 0 atom stereocenters. The minimum atomic E-state index is 0.340. The second-order valence-electron chi connectivity index (χ2n) is 6.86. The lowest BCUT2D eigenvalue weighted by Gasteiger charge is -2.22. The predicted octanol–water partition coefficient (Wildman–Crippen LogP) is 3.44. The Bertz CT molecular complexity index is 763. The van der Waals surface area contributed by atoms with Crippen LogP contribution in [-0.2, 0) is 0 Å². The molecule has 140 valence electrons. The van der Waals surface area contributed by atoms with E-state index in [1.54, 1.807) is 0 Å². The number of nitrogens with zero attached hydrogens (tertiary/aromatic N) is 4. The topological polar surface area (TPSA) is 68.3 Å². The second-order valence-corrected chi connectivity index (χ2v) is 7.29. The molecule has 1 aromatic carbocycles. The highest BCUT2D eigenvalue weighted by atomic mass is 35.5. The van der Waals surface area contributed by atoms with Gasteiger partial charge in [-0.05, 0) is 46.1 Å². The molecule has 0 saturated carbocycles. The minimum absolute atomic E-state index is 0.340. The lowest BCUT2D eigenvalue weighted by Crippen LogP contribution is -2.30. The van der Waals surface area contributed by atoms with Gasteiger partial charge in [0, 0.05) is 29.8 Å². The van der Waals surface area contributed by atoms with Crippen LogP contribution >= 0.6 is 11.6 Å². The van der Waals surface area contributed by atoms with Crippen molar-refractivity contribution in [2.75, 3.05) is 54.7 Å². The van der Waals surface area contributed by atoms with Crippen molar-refractivity contribution in [1.82, 2.24) is 14.9 Å². The molecule has 3 rings (SSSR count). The van der Waals surface area contributed by atoms with E-state index in [0.29, 0.717) is 23.7 Å². The SMILES string of the molecule is CC(C)N1CNc2c(Nc3cccc(Cl)c3)nc(NCCN(C)C)nc21. The van der Waals surface area contributed by atoms with Gasteiger partial charge in [0.25, 0.3) is 0 Å². The van der Waals surface area contributed by atoms with Crippen molar-refractivity contribution in [1.29, 1.82) is 0 Å². The molecule has 26 heavy (non-hydrogen) atoms. The molecule has 0 aliphatic carbocycles. The summed E-state index contributed by atoms with van der Waals surface area (Å²) < 4.78 is 0. The third-order valence-corrected chi connectivity index (χ3v) is 4.38. The van der Waals surface area contributed by atoms with E-state index in [9.17, 15) is 0 Å². The Morgan fingerprint density at radius 2 is 2.12 bits per heavy atom. The first-order valence-corrected chi connectivity index (χ1v) is 9.15. The number of hydrogen-bond acceptors (Lipinski definition) is 7. The normalized spacial score (nSPS) is 13.1. The Labute approximate surface area is 159 Å². The van der Waals surface area contributed by atoms with Gasteiger partial charge in [-0.25, -0.2) is 0 Å². The summed E-state index contributed by atoms with van der Waals surface area (Å²) in [7, 11) is 4.09. The Kier molecular flexibility index (Phi) is 5.68. The van der Waals surface area contributed by atoms with Gasteiger partial charge in [0.15, 0.2) is 11.6 Å². The molecular weight excluding hydrogens is 350 g/mol. The van der Waals surface area contributed by atoms with E-state index in [4.69, 9.17) is 16.6 Å². The summed E-state index contributed by atoms with van der Waals surface area (Å²) in [5.41, 5.74) is 1.80. The molecule has 1 aliphatic rings. The average Bonchev–Trinajstić information content (AvgIpc) is 2.99. The maximum atomic E-state index is 6.11. The van der Waals surface area contributed by atoms with E-state index in [1.165, 1.54) is 0 Å². The first-order valence-electron chi connectivity index (χ1n) is 8.78. The fourth-order valence-electron chi connectivity index (χ4n) is 2.75. The molecular formula is C18H26ClN7. The van der Waals surface area contributed by atoms with Crippen LogP contribution in [-0.4, -0.2) is 54.8 Å². The standard InChI is InChI=1S/C18H26ClN7/c1-12(2)26-11-21-15-16(22-14-7-5-6-13(19)10-14)23-18(24-17(15)26)20-8-9-25(3)4/h5-7,10,12,21H,8-9,11H2,1-4H3,(H2,20,22,23,24). The highest BCUT2D eigenvalue weighted by Crippen LogP contribution is 2.38. The maximum absolute atomic E-state index is 6.11. The van der Waals surface area contributed by atoms with Gasteiger partial charge in [0.1, 0.15) is 5.69 Å². The summed E-state index contributed by atoms with van der Waals surface area (Å²) in [5, 5.41) is 10.8. The first-order chi connectivity index (χ1) is 12.4. The molecule has 0 bridgehead atoms. The van der Waals surface area contributed by atoms with Crippen molar-refractivity contribution in [2.24, 2.45) is 0 Å². The molecule has 2 aromatic rings. The highest BCUT2D eigenvalue weighted by molar-refractivity contribution is 6.30. The van der Waals surface area contributed by atoms with Gasteiger partial charge in [-0.2, -0.15) is 9.97 Å². The van der Waals surface area contributed by atoms with Gasteiger partial charge >= 0.3 is 0 Å². The predicted molar refractivity (Wildman–Crippen MR) is 110 cm³/mol. The fourth-order valence-corrected chi connectivity index (χ4v) is 2.94. The average molecular weight is 376 g/mol. The van der Waals surface area contributed by atoms with Gasteiger partial charge in [-0.15, -0.1) is 0 Å². The molecule has 1 aromatic heterocycles. The summed E-state index contributed by atoms with van der Waals surface area (Å²) >= 11 is 6.11. The van der Waals surface area contributed by atoms with Gasteiger partial charge in [-0.3, -0.25) is 0 Å². The van der Waals surface area contributed by atoms with Crippen molar-refractivity contribution in [2.45, 2.75) is 19.9 Å². The van der Waals surface area contributed by atoms with Crippen molar-refractivity contribution in [3.63, 3.8) is 0 Å². The van der Waals surface area contributed by atoms with Crippen LogP contribution in [0.4, 0.5) is 29.0 Å². The summed E-state index contributed by atoms with van der Waals surface area (Å²) in [5.74, 6) is 2.27. The van der Waals surface area contributed by atoms with Gasteiger partial charge in [0.05, 0.1) is 6.67 Å². The number of nitrogens with one attached hydrogen (secondary N) is 3. The van der Waals surface area contributed by atoms with E-state index in [-0.39, 0.29) is 0 Å². The number of likely N-dealkylation sites (N-methyl/N-ethyl adjacent to an activating group) is 1. The van der Waals surface area contributed by atoms with Crippen molar-refractivity contribution in [3.05, 3.63) is 29.3 Å². The van der Waals surface area contributed by atoms with Crippen LogP contribution in [0.15, 0.2) is 24.3 Å². The van der Waals surface area contributed by atoms with E-state index >= 15 is 0 Å². The van der Waals surface area contributed by atoms with E-state index in [1.807, 2.05) is 38.4 Å². The van der Waals surface area contributed by atoms with Gasteiger partial charge in [0.2, 0.25) is 5.95 Å². The second kappa shape index (κ2) is 7.97. The third kappa shape index (κ3) is 4.28. The van der Waals surface area contributed by atoms with Crippen LogP contribution < -0.4 is 20.9 Å². The van der Waals surface area contributed by atoms with Crippen LogP contribution in [0.1, 0.15) is 13.8 Å². The molecule has 1 aliphatic heterocycles. The molecule has 7 nitrogen and oxygen atoms in total. The highest BCUT2D eigenvalue weighted by Gasteiger charge is 2.27. The third-order valence-electron chi connectivity index (χ3n) is 4.14. The summed E-state index contributed by atoms with van der Waals surface area (Å²) in [6.45, 7) is 6.71. The number of halogens is 1. The smallest absolute Gasteiger partial charge is 0.226 e. The number of benzene rings is 1. The number of rotatable bonds is 7. The zero-order valence-electron chi connectivity index (χ0n) is 15.7. The molecule has 3 N–H and O–H groups in total. The van der Waals surface area contributed by atoms with E-state index in [0.717, 1.165) is 36.1 Å². The molecule has 0 fully saturated rings. The molecule has 2 heterocycles. The zero-order valence-corrected chi connectivity index (χ0v) is 16.4. The summed E-state index contributed by atoms with van der Waals surface area (Å²) in [4.78, 5) is 13.7. The van der Waals surface area contributed by atoms with Crippen LogP contribution in [0.25, 0.3) is 0 Å². The molecule has 0 saturated heterocycles. The minimum Gasteiger partial charge on any atom is -0.362 e. The Balaban J connectivity index is 1.91. The lowest BCUT2D eigenvalue weighted by molar-refractivity contribution is 0.425. The molecule has 0 amide bonds. The number of anilines is 5. The van der Waals surface area contributed by atoms with Crippen LogP contribution in [0.5, 0.6) is 0 Å². The van der Waals surface area contributed by atoms with Crippen LogP contribution in [0, 0.1) is 0 Å². The Morgan fingerprint density at radius 3 is 2.81 bits per heavy atom. The van der Waals surface area contributed by atoms with Crippen molar-refractivity contribution >= 4 is 40.6 Å². The summed E-state index contributed by atoms with van der Waals surface area (Å²) in [6, 6.07) is 7.95. The van der Waals surface area contributed by atoms with Crippen LogP contribution in [0.3, 0.4) is 0 Å². The zero-order chi connectivity index (χ0) is 18.7. The van der Waals surface area contributed by atoms with Crippen LogP contribution in [0.2, 0.25) is 5.02 Å². The van der Waals surface area contributed by atoms with Crippen molar-refractivity contribution in [3.8, 4) is 0 Å². The first kappa shape index (κ1) is 18.5. The largest absolute Gasteiger partial charge is 0.362 e. The lowest BCUT2D eigenvalue weighted by atomic mass is 10.3.